The van der Waals surface area contributed by atoms with E-state index in [-0.39, 0.29) is 11.3 Å². The molecule has 0 aliphatic carbocycles. The van der Waals surface area contributed by atoms with Gasteiger partial charge in [0, 0.05) is 0 Å². The van der Waals surface area contributed by atoms with Crippen molar-refractivity contribution in [3.63, 3.8) is 0 Å². The molecule has 0 aliphatic rings. The molecule has 1 heterocycles. The standard InChI is InChI=1S/C30H24BrN2O2Se/c1-21-13-15-22(16-14-21)33-29(32-27-11-6-5-10-25(27)30(33)35)12-7-19-36(23-8-3-2-4-9-23)24-17-18-26(31)28(34)20-24/h2-18,20,34H,19H2,1H3/b12-7+. The summed E-state index contributed by atoms with van der Waals surface area (Å²) in [4.78, 5) is 18.4. The summed E-state index contributed by atoms with van der Waals surface area (Å²) in [5.41, 5.74) is 2.51. The molecule has 0 aliphatic heterocycles. The van der Waals surface area contributed by atoms with Crippen LogP contribution >= 0.6 is 15.9 Å². The van der Waals surface area contributed by atoms with Gasteiger partial charge in [0.15, 0.2) is 0 Å². The van der Waals surface area contributed by atoms with E-state index in [1.165, 1.54) is 4.46 Å². The monoisotopic (exact) mass is 603 g/mol. The van der Waals surface area contributed by atoms with Gasteiger partial charge < -0.3 is 0 Å². The molecular weight excluding hydrogens is 579 g/mol. The van der Waals surface area contributed by atoms with Crippen LogP contribution in [0.15, 0.2) is 112 Å². The van der Waals surface area contributed by atoms with E-state index >= 15 is 0 Å². The average molecular weight is 603 g/mol. The number of aromatic nitrogens is 2. The second-order valence-corrected chi connectivity index (χ2v) is 13.5. The molecule has 0 spiro atoms. The molecule has 1 N–H and O–H groups in total. The molecule has 5 rings (SSSR count). The number of hydrogen-bond acceptors (Lipinski definition) is 3. The number of halogens is 1. The van der Waals surface area contributed by atoms with Crippen LogP contribution in [0.1, 0.15) is 11.4 Å². The maximum atomic E-state index is 13.5. The van der Waals surface area contributed by atoms with E-state index in [2.05, 4.69) is 40.2 Å². The number of nitrogens with zero attached hydrogens (tertiary/aromatic N) is 2. The Balaban J connectivity index is 1.58. The third kappa shape index (κ3) is 5.07. The minimum absolute atomic E-state index is 0.0856. The molecule has 0 saturated carbocycles. The van der Waals surface area contributed by atoms with Crippen LogP contribution in [-0.2, 0) is 0 Å². The average Bonchev–Trinajstić information content (AvgIpc) is 2.90. The van der Waals surface area contributed by atoms with Gasteiger partial charge in [0.1, 0.15) is 0 Å². The second kappa shape index (κ2) is 10.7. The topological polar surface area (TPSA) is 55.1 Å². The summed E-state index contributed by atoms with van der Waals surface area (Å²) in [6.07, 6.45) is 4.06. The van der Waals surface area contributed by atoms with Crippen molar-refractivity contribution in [2.45, 2.75) is 12.2 Å². The Bertz CT molecular complexity index is 1610. The van der Waals surface area contributed by atoms with Crippen LogP contribution < -0.4 is 14.5 Å². The van der Waals surface area contributed by atoms with Gasteiger partial charge in [0.05, 0.1) is 0 Å². The van der Waals surface area contributed by atoms with Gasteiger partial charge in [-0.05, 0) is 0 Å². The summed E-state index contributed by atoms with van der Waals surface area (Å²) in [5.74, 6) is 0.838. The normalized spacial score (nSPS) is 11.5. The maximum absolute atomic E-state index is 13.5. The van der Waals surface area contributed by atoms with Crippen LogP contribution in [0.25, 0.3) is 22.7 Å². The second-order valence-electron chi connectivity index (χ2n) is 8.35. The van der Waals surface area contributed by atoms with Crippen LogP contribution in [0.3, 0.4) is 0 Å². The zero-order valence-electron chi connectivity index (χ0n) is 19.6. The van der Waals surface area contributed by atoms with Gasteiger partial charge in [-0.2, -0.15) is 0 Å². The molecule has 0 bridgehead atoms. The number of hydrogen-bond donors (Lipinski definition) is 1. The van der Waals surface area contributed by atoms with Gasteiger partial charge in [0.25, 0.3) is 0 Å². The number of aryl methyl sites for hydroxylation is 1. The Kier molecular flexibility index (Phi) is 7.19. The fraction of sp³-hybridized carbons (Fsp3) is 0.0667. The van der Waals surface area contributed by atoms with Gasteiger partial charge in [-0.1, -0.05) is 0 Å². The summed E-state index contributed by atoms with van der Waals surface area (Å²) >= 11 is 1.88. The molecule has 4 nitrogen and oxygen atoms in total. The zero-order chi connectivity index (χ0) is 25.1. The summed E-state index contributed by atoms with van der Waals surface area (Å²) in [7, 11) is 0. The van der Waals surface area contributed by atoms with Crippen molar-refractivity contribution in [3.05, 3.63) is 129 Å². The van der Waals surface area contributed by atoms with Crippen LogP contribution in [0.5, 0.6) is 5.75 Å². The number of fused-ring (bicyclic) bond motifs is 1. The van der Waals surface area contributed by atoms with Gasteiger partial charge in [0.2, 0.25) is 0 Å². The number of phenols is 1. The molecule has 0 amide bonds. The van der Waals surface area contributed by atoms with E-state index < -0.39 is 13.9 Å². The molecular formula is C30H24BrN2O2Se. The first kappa shape index (κ1) is 24.3. The molecule has 36 heavy (non-hydrogen) atoms. The van der Waals surface area contributed by atoms with E-state index in [1.54, 1.807) is 4.57 Å². The van der Waals surface area contributed by atoms with Crippen LogP contribution in [-0.4, -0.2) is 28.6 Å². The first-order valence-corrected chi connectivity index (χ1v) is 15.2. The molecule has 0 unspecified atom stereocenters. The number of allylic oxidation sites excluding steroid dienone is 1. The predicted molar refractivity (Wildman–Crippen MR) is 153 cm³/mol. The Hall–Kier alpha value is -3.44. The summed E-state index contributed by atoms with van der Waals surface area (Å²) in [6, 6.07) is 31.6. The number of aromatic hydroxyl groups is 1. The molecule has 4 aromatic carbocycles. The zero-order valence-corrected chi connectivity index (χ0v) is 22.9. The Labute approximate surface area is 222 Å². The van der Waals surface area contributed by atoms with E-state index in [9.17, 15) is 9.90 Å². The summed E-state index contributed by atoms with van der Waals surface area (Å²) in [6.45, 7) is 2.03. The van der Waals surface area contributed by atoms with Crippen molar-refractivity contribution in [2.75, 3.05) is 0 Å². The SMILES string of the molecule is Cc1ccc(-n2c(/C=C/C[Se](c3ccccc3)c3ccc(Br)c(O)c3)nc3ccccc3c2=O)cc1. The first-order chi connectivity index (χ1) is 17.5. The number of phenolic OH excluding ortho intramolecular Hbond substituents is 1. The third-order valence-electron chi connectivity index (χ3n) is 5.85. The molecule has 0 fully saturated rings. The van der Waals surface area contributed by atoms with Crippen molar-refractivity contribution in [3.8, 4) is 11.4 Å². The van der Waals surface area contributed by atoms with Crippen LogP contribution in [0.4, 0.5) is 0 Å². The Morgan fingerprint density at radius 3 is 2.39 bits per heavy atom. The number of benzene rings is 4. The van der Waals surface area contributed by atoms with Gasteiger partial charge >= 0.3 is 223 Å². The molecule has 5 aromatic rings. The number of para-hydroxylation sites is 1. The van der Waals surface area contributed by atoms with Crippen LogP contribution in [0, 0.1) is 6.92 Å². The molecule has 0 saturated heterocycles. The fourth-order valence-electron chi connectivity index (χ4n) is 4.01. The van der Waals surface area contributed by atoms with Gasteiger partial charge in [-0.3, -0.25) is 0 Å². The third-order valence-corrected chi connectivity index (χ3v) is 11.1. The van der Waals surface area contributed by atoms with Crippen molar-refractivity contribution < 1.29 is 5.11 Å². The molecule has 0 atom stereocenters. The van der Waals surface area contributed by atoms with E-state index in [4.69, 9.17) is 4.98 Å². The molecule has 179 valence electrons. The Morgan fingerprint density at radius 2 is 1.64 bits per heavy atom. The summed E-state index contributed by atoms with van der Waals surface area (Å²) in [5, 5.41) is 11.7. The van der Waals surface area contributed by atoms with E-state index in [1.807, 2.05) is 91.9 Å². The fourth-order valence-corrected chi connectivity index (χ4v) is 8.28. The number of rotatable bonds is 6. The minimum atomic E-state index is -1.51. The van der Waals surface area contributed by atoms with Crippen molar-refractivity contribution in [2.24, 2.45) is 0 Å². The predicted octanol–water partition coefficient (Wildman–Crippen LogP) is 5.48. The van der Waals surface area contributed by atoms with Crippen molar-refractivity contribution in [1.29, 1.82) is 0 Å². The first-order valence-electron chi connectivity index (χ1n) is 11.5. The van der Waals surface area contributed by atoms with E-state index in [0.29, 0.717) is 21.2 Å². The van der Waals surface area contributed by atoms with E-state index in [0.717, 1.165) is 21.0 Å². The van der Waals surface area contributed by atoms with Gasteiger partial charge in [-0.15, -0.1) is 0 Å². The van der Waals surface area contributed by atoms with Crippen molar-refractivity contribution >= 4 is 55.7 Å². The summed E-state index contributed by atoms with van der Waals surface area (Å²) < 4.78 is 4.77. The van der Waals surface area contributed by atoms with Crippen LogP contribution in [0.2, 0.25) is 5.32 Å². The molecule has 1 radical (unpaired) electrons. The molecule has 6 heteroatoms. The van der Waals surface area contributed by atoms with Gasteiger partial charge in [-0.25, -0.2) is 0 Å². The quantitative estimate of drug-likeness (QED) is 0.262. The Morgan fingerprint density at radius 1 is 0.917 bits per heavy atom. The molecule has 1 aromatic heterocycles. The van der Waals surface area contributed by atoms with Crippen molar-refractivity contribution in [1.82, 2.24) is 9.55 Å².